The van der Waals surface area contributed by atoms with Crippen LogP contribution < -0.4 is 10.6 Å². The van der Waals surface area contributed by atoms with Gasteiger partial charge in [0.15, 0.2) is 0 Å². The van der Waals surface area contributed by atoms with Crippen LogP contribution >= 0.6 is 0 Å². The second-order valence-electron chi connectivity index (χ2n) is 6.76. The number of rotatable bonds is 3. The van der Waals surface area contributed by atoms with Gasteiger partial charge in [-0.2, -0.15) is 0 Å². The SMILES string of the molecule is COC(=O)NC(C)(C)C(=O)N[C@@H]1[C@H]2CCO[C@@H]2C1(C)C. The van der Waals surface area contributed by atoms with E-state index in [1.807, 2.05) is 0 Å². The van der Waals surface area contributed by atoms with Gasteiger partial charge in [0.25, 0.3) is 0 Å². The second kappa shape index (κ2) is 4.91. The third kappa shape index (κ3) is 2.37. The molecule has 0 aromatic carbocycles. The van der Waals surface area contributed by atoms with Crippen LogP contribution in [0.5, 0.6) is 0 Å². The number of carbonyl (C=O) groups excluding carboxylic acids is 2. The Hall–Kier alpha value is -1.30. The maximum Gasteiger partial charge on any atom is 0.407 e. The van der Waals surface area contributed by atoms with Gasteiger partial charge in [0, 0.05) is 24.0 Å². The molecule has 0 bridgehead atoms. The van der Waals surface area contributed by atoms with Crippen LogP contribution in [0.4, 0.5) is 4.79 Å². The quantitative estimate of drug-likeness (QED) is 0.812. The molecule has 0 spiro atoms. The number of fused-ring (bicyclic) bond motifs is 1. The molecule has 2 aliphatic rings. The lowest BCUT2D eigenvalue weighted by Crippen LogP contribution is -2.69. The molecule has 1 saturated carbocycles. The van der Waals surface area contributed by atoms with Gasteiger partial charge >= 0.3 is 6.09 Å². The van der Waals surface area contributed by atoms with Gasteiger partial charge in [-0.25, -0.2) is 4.79 Å². The molecular weight excluding hydrogens is 260 g/mol. The van der Waals surface area contributed by atoms with Crippen LogP contribution in [0.2, 0.25) is 0 Å². The van der Waals surface area contributed by atoms with E-state index in [0.29, 0.717) is 5.92 Å². The molecule has 1 aliphatic carbocycles. The number of alkyl carbamates (subject to hydrolysis) is 1. The van der Waals surface area contributed by atoms with Gasteiger partial charge in [-0.15, -0.1) is 0 Å². The highest BCUT2D eigenvalue weighted by molar-refractivity contribution is 5.89. The largest absolute Gasteiger partial charge is 0.453 e. The van der Waals surface area contributed by atoms with E-state index in [0.717, 1.165) is 13.0 Å². The average molecular weight is 284 g/mol. The first-order valence-corrected chi connectivity index (χ1v) is 6.99. The summed E-state index contributed by atoms with van der Waals surface area (Å²) in [5.74, 6) is 0.175. The van der Waals surface area contributed by atoms with E-state index in [4.69, 9.17) is 4.74 Å². The molecule has 0 aromatic rings. The molecule has 2 N–H and O–H groups in total. The zero-order valence-corrected chi connectivity index (χ0v) is 12.8. The first-order chi connectivity index (χ1) is 9.20. The molecule has 2 amide bonds. The van der Waals surface area contributed by atoms with E-state index in [9.17, 15) is 9.59 Å². The topological polar surface area (TPSA) is 76.7 Å². The molecule has 3 atom stereocenters. The molecule has 6 nitrogen and oxygen atoms in total. The summed E-state index contributed by atoms with van der Waals surface area (Å²) in [5, 5.41) is 5.60. The number of hydrogen-bond acceptors (Lipinski definition) is 4. The normalized spacial score (nSPS) is 30.9. The molecule has 2 rings (SSSR count). The van der Waals surface area contributed by atoms with Crippen molar-refractivity contribution in [2.24, 2.45) is 11.3 Å². The summed E-state index contributed by atoms with van der Waals surface area (Å²) in [6.07, 6.45) is 0.591. The molecule has 1 heterocycles. The van der Waals surface area contributed by atoms with Crippen LogP contribution in [-0.4, -0.2) is 43.4 Å². The monoisotopic (exact) mass is 284 g/mol. The third-order valence-electron chi connectivity index (χ3n) is 4.55. The lowest BCUT2D eigenvalue weighted by Gasteiger charge is -2.55. The molecule has 114 valence electrons. The van der Waals surface area contributed by atoms with Crippen LogP contribution in [0.1, 0.15) is 34.1 Å². The van der Waals surface area contributed by atoms with Gasteiger partial charge in [0.2, 0.25) is 5.91 Å². The number of hydrogen-bond donors (Lipinski definition) is 2. The van der Waals surface area contributed by atoms with Crippen LogP contribution in [0.25, 0.3) is 0 Å². The van der Waals surface area contributed by atoms with Crippen molar-refractivity contribution in [1.29, 1.82) is 0 Å². The van der Waals surface area contributed by atoms with Crippen molar-refractivity contribution in [2.75, 3.05) is 13.7 Å². The van der Waals surface area contributed by atoms with Crippen LogP contribution in [-0.2, 0) is 14.3 Å². The van der Waals surface area contributed by atoms with E-state index in [1.165, 1.54) is 7.11 Å². The summed E-state index contributed by atoms with van der Waals surface area (Å²) < 4.78 is 10.2. The number of methoxy groups -OCH3 is 1. The lowest BCUT2D eigenvalue weighted by molar-refractivity contribution is -0.142. The van der Waals surface area contributed by atoms with Gasteiger partial charge in [-0.3, -0.25) is 4.79 Å². The maximum atomic E-state index is 12.4. The zero-order chi connectivity index (χ0) is 15.1. The molecule has 20 heavy (non-hydrogen) atoms. The van der Waals surface area contributed by atoms with Gasteiger partial charge < -0.3 is 20.1 Å². The van der Waals surface area contributed by atoms with Gasteiger partial charge in [-0.05, 0) is 20.3 Å². The summed E-state index contributed by atoms with van der Waals surface area (Å²) in [6.45, 7) is 8.28. The van der Waals surface area contributed by atoms with E-state index < -0.39 is 11.6 Å². The standard InChI is InChI=1S/C14H24N2O4/c1-13(2)9(8-6-7-20-10(8)13)15-11(17)14(3,4)16-12(18)19-5/h8-10H,6-7H2,1-5H3,(H,15,17)(H,16,18)/t8-,9-,10+/m1/s1. The summed E-state index contributed by atoms with van der Waals surface area (Å²) in [4.78, 5) is 23.7. The second-order valence-corrected chi connectivity index (χ2v) is 6.76. The Labute approximate surface area is 119 Å². The van der Waals surface area contributed by atoms with Crippen LogP contribution in [0.15, 0.2) is 0 Å². The fourth-order valence-corrected chi connectivity index (χ4v) is 3.30. The van der Waals surface area contributed by atoms with Gasteiger partial charge in [0.1, 0.15) is 5.54 Å². The van der Waals surface area contributed by atoms with Crippen molar-refractivity contribution >= 4 is 12.0 Å². The highest BCUT2D eigenvalue weighted by atomic mass is 16.5. The van der Waals surface area contributed by atoms with E-state index in [2.05, 4.69) is 29.2 Å². The lowest BCUT2D eigenvalue weighted by atomic mass is 9.57. The van der Waals surface area contributed by atoms with E-state index >= 15 is 0 Å². The zero-order valence-electron chi connectivity index (χ0n) is 12.8. The van der Waals surface area contributed by atoms with Gasteiger partial charge in [-0.1, -0.05) is 13.8 Å². The molecule has 1 saturated heterocycles. The predicted molar refractivity (Wildman–Crippen MR) is 73.2 cm³/mol. The molecule has 6 heteroatoms. The minimum atomic E-state index is -1.01. The van der Waals surface area contributed by atoms with Crippen molar-refractivity contribution in [3.05, 3.63) is 0 Å². The average Bonchev–Trinajstić information content (AvgIpc) is 2.81. The Bertz CT molecular complexity index is 419. The Morgan fingerprint density at radius 2 is 2.00 bits per heavy atom. The van der Waals surface area contributed by atoms with E-state index in [-0.39, 0.29) is 23.5 Å². The van der Waals surface area contributed by atoms with Crippen molar-refractivity contribution in [3.63, 3.8) is 0 Å². The Balaban J connectivity index is 1.99. The Kier molecular flexibility index (Phi) is 3.71. The molecule has 0 radical (unpaired) electrons. The number of ether oxygens (including phenoxy) is 2. The predicted octanol–water partition coefficient (Wildman–Crippen LogP) is 1.05. The first kappa shape index (κ1) is 15.1. The molecule has 2 fully saturated rings. The number of carbonyl (C=O) groups is 2. The molecule has 0 unspecified atom stereocenters. The van der Waals surface area contributed by atoms with Gasteiger partial charge in [0.05, 0.1) is 13.2 Å². The Morgan fingerprint density at radius 3 is 2.60 bits per heavy atom. The smallest absolute Gasteiger partial charge is 0.407 e. The third-order valence-corrected chi connectivity index (χ3v) is 4.55. The summed E-state index contributed by atoms with van der Waals surface area (Å²) in [7, 11) is 1.28. The van der Waals surface area contributed by atoms with Crippen molar-refractivity contribution < 1.29 is 19.1 Å². The van der Waals surface area contributed by atoms with Crippen molar-refractivity contribution in [2.45, 2.75) is 51.8 Å². The maximum absolute atomic E-state index is 12.4. The van der Waals surface area contributed by atoms with Crippen molar-refractivity contribution in [3.8, 4) is 0 Å². The van der Waals surface area contributed by atoms with Crippen LogP contribution in [0.3, 0.4) is 0 Å². The number of nitrogens with one attached hydrogen (secondary N) is 2. The number of amides is 2. The molecule has 0 aromatic heterocycles. The molecular formula is C14H24N2O4. The fraction of sp³-hybridized carbons (Fsp3) is 0.857. The Morgan fingerprint density at radius 1 is 1.35 bits per heavy atom. The highest BCUT2D eigenvalue weighted by Crippen LogP contribution is 2.52. The summed E-state index contributed by atoms with van der Waals surface area (Å²) in [5.41, 5.74) is -1.08. The highest BCUT2D eigenvalue weighted by Gasteiger charge is 2.60. The van der Waals surface area contributed by atoms with Crippen LogP contribution in [0, 0.1) is 11.3 Å². The first-order valence-electron chi connectivity index (χ1n) is 6.99. The molecule has 1 aliphatic heterocycles. The summed E-state index contributed by atoms with van der Waals surface area (Å²) >= 11 is 0. The fourth-order valence-electron chi connectivity index (χ4n) is 3.30. The van der Waals surface area contributed by atoms with E-state index in [1.54, 1.807) is 13.8 Å². The minimum absolute atomic E-state index is 0.0713. The summed E-state index contributed by atoms with van der Waals surface area (Å²) in [6, 6.07) is 0.0845. The van der Waals surface area contributed by atoms with Crippen molar-refractivity contribution in [1.82, 2.24) is 10.6 Å². The minimum Gasteiger partial charge on any atom is -0.453 e.